The number of fused-ring (bicyclic) bond motifs is 1. The molecule has 2 unspecified atom stereocenters. The molecule has 0 aliphatic carbocycles. The molecule has 0 spiro atoms. The summed E-state index contributed by atoms with van der Waals surface area (Å²) in [4.78, 5) is 33.3. The van der Waals surface area contributed by atoms with Crippen molar-refractivity contribution in [3.63, 3.8) is 0 Å². The van der Waals surface area contributed by atoms with Crippen molar-refractivity contribution >= 4 is 30.5 Å². The van der Waals surface area contributed by atoms with Crippen molar-refractivity contribution in [1.82, 2.24) is 19.4 Å². The number of hydrogen-bond acceptors (Lipinski definition) is 9. The third-order valence-corrected chi connectivity index (χ3v) is 7.46. The zero-order valence-corrected chi connectivity index (χ0v) is 25.4. The highest BCUT2D eigenvalue weighted by Gasteiger charge is 2.26. The molecule has 2 atom stereocenters. The van der Waals surface area contributed by atoms with Crippen LogP contribution in [0.4, 0.5) is 5.69 Å². The van der Waals surface area contributed by atoms with E-state index in [0.29, 0.717) is 45.7 Å². The number of hydrogen-bond donors (Lipinski definition) is 2. The van der Waals surface area contributed by atoms with E-state index in [1.54, 1.807) is 62.2 Å². The second-order valence-electron chi connectivity index (χ2n) is 9.78. The van der Waals surface area contributed by atoms with Gasteiger partial charge in [0.2, 0.25) is 5.91 Å². The first-order chi connectivity index (χ1) is 20.5. The standard InChI is InChI=1S/C30H33N6O6P/c1-6-41-43(38,39)42-20(2)36-19-28(21-9-10-32-25(12-21)17-31)27-15-23(18-33-30(27)36)22-13-24(16-26(14-22)40-5)34-29(37)8-7-11-35(3)4/h7-10,12-16,18-20H,6,11H2,1-5H3,(H,34,37)(H,38,39). The summed E-state index contributed by atoms with van der Waals surface area (Å²) in [6.45, 7) is 3.83. The number of phosphoric ester groups is 1. The number of methoxy groups -OCH3 is 1. The molecule has 0 radical (unpaired) electrons. The molecule has 0 saturated carbocycles. The minimum atomic E-state index is -4.32. The second kappa shape index (κ2) is 13.7. The fourth-order valence-electron chi connectivity index (χ4n) is 4.40. The summed E-state index contributed by atoms with van der Waals surface area (Å²) in [5.41, 5.74) is 4.08. The molecular formula is C30H33N6O6P. The first-order valence-corrected chi connectivity index (χ1v) is 14.9. The molecule has 1 amide bonds. The van der Waals surface area contributed by atoms with Crippen LogP contribution in [0.1, 0.15) is 25.8 Å². The van der Waals surface area contributed by atoms with Crippen LogP contribution in [-0.4, -0.2) is 64.6 Å². The van der Waals surface area contributed by atoms with E-state index in [2.05, 4.69) is 10.3 Å². The average Bonchev–Trinajstić information content (AvgIpc) is 3.35. The van der Waals surface area contributed by atoms with Gasteiger partial charge in [-0.2, -0.15) is 5.26 Å². The van der Waals surface area contributed by atoms with E-state index >= 15 is 0 Å². The number of amides is 1. The smallest absolute Gasteiger partial charge is 0.474 e. The van der Waals surface area contributed by atoms with Crippen molar-refractivity contribution in [1.29, 1.82) is 5.26 Å². The second-order valence-corrected chi connectivity index (χ2v) is 11.2. The number of aromatic nitrogens is 3. The molecule has 12 nitrogen and oxygen atoms in total. The van der Waals surface area contributed by atoms with Gasteiger partial charge in [0, 0.05) is 59.5 Å². The van der Waals surface area contributed by atoms with Gasteiger partial charge in [0.1, 0.15) is 29.4 Å². The monoisotopic (exact) mass is 604 g/mol. The quantitative estimate of drug-likeness (QED) is 0.159. The number of nitrogens with one attached hydrogen (secondary N) is 1. The van der Waals surface area contributed by atoms with Crippen molar-refractivity contribution < 1.29 is 28.0 Å². The molecule has 0 fully saturated rings. The predicted molar refractivity (Wildman–Crippen MR) is 163 cm³/mol. The lowest BCUT2D eigenvalue weighted by atomic mass is 10.0. The van der Waals surface area contributed by atoms with Crippen LogP contribution in [0.2, 0.25) is 0 Å². The summed E-state index contributed by atoms with van der Waals surface area (Å²) < 4.78 is 29.8. The highest BCUT2D eigenvalue weighted by molar-refractivity contribution is 7.47. The molecule has 0 aliphatic heterocycles. The molecule has 4 rings (SSSR count). The van der Waals surface area contributed by atoms with Crippen molar-refractivity contribution in [2.75, 3.05) is 39.7 Å². The Morgan fingerprint density at radius 3 is 2.70 bits per heavy atom. The number of benzene rings is 1. The van der Waals surface area contributed by atoms with Crippen LogP contribution in [-0.2, 0) is 18.4 Å². The van der Waals surface area contributed by atoms with Crippen LogP contribution in [0.5, 0.6) is 5.75 Å². The summed E-state index contributed by atoms with van der Waals surface area (Å²) in [7, 11) is 1.05. The largest absolute Gasteiger partial charge is 0.497 e. The highest BCUT2D eigenvalue weighted by atomic mass is 31.2. The van der Waals surface area contributed by atoms with E-state index in [1.807, 2.05) is 43.3 Å². The van der Waals surface area contributed by atoms with E-state index in [-0.39, 0.29) is 18.2 Å². The molecule has 2 N–H and O–H groups in total. The lowest BCUT2D eigenvalue weighted by Gasteiger charge is -2.18. The van der Waals surface area contributed by atoms with Gasteiger partial charge in [-0.15, -0.1) is 0 Å². The number of anilines is 1. The normalized spacial score (nSPS) is 13.6. The topological polar surface area (TPSA) is 152 Å². The molecule has 1 aromatic carbocycles. The molecule has 3 heterocycles. The number of nitriles is 1. The van der Waals surface area contributed by atoms with E-state index in [1.165, 1.54) is 12.3 Å². The minimum absolute atomic E-state index is 0.00306. The number of carbonyl (C=O) groups is 1. The van der Waals surface area contributed by atoms with Crippen LogP contribution >= 0.6 is 7.82 Å². The summed E-state index contributed by atoms with van der Waals surface area (Å²) >= 11 is 0. The van der Waals surface area contributed by atoms with Crippen LogP contribution in [0.3, 0.4) is 0 Å². The lowest BCUT2D eigenvalue weighted by Crippen LogP contribution is -2.13. The molecule has 4 aromatic rings. The fraction of sp³-hybridized carbons (Fsp3) is 0.267. The van der Waals surface area contributed by atoms with E-state index < -0.39 is 14.1 Å². The number of phosphoric acid groups is 1. The molecule has 3 aromatic heterocycles. The summed E-state index contributed by atoms with van der Waals surface area (Å²) in [6.07, 6.45) is 7.26. The van der Waals surface area contributed by atoms with Gasteiger partial charge in [-0.05, 0) is 69.4 Å². The number of ether oxygens (including phenoxy) is 1. The van der Waals surface area contributed by atoms with Gasteiger partial charge < -0.3 is 24.4 Å². The number of pyridine rings is 2. The number of nitrogens with zero attached hydrogens (tertiary/aromatic N) is 5. The van der Waals surface area contributed by atoms with E-state index in [0.717, 1.165) is 5.56 Å². The van der Waals surface area contributed by atoms with Crippen molar-refractivity contribution in [2.45, 2.75) is 20.1 Å². The molecule has 43 heavy (non-hydrogen) atoms. The number of rotatable bonds is 12. The molecule has 0 saturated heterocycles. The lowest BCUT2D eigenvalue weighted by molar-refractivity contribution is -0.111. The van der Waals surface area contributed by atoms with Gasteiger partial charge in [-0.25, -0.2) is 14.5 Å². The van der Waals surface area contributed by atoms with Gasteiger partial charge >= 0.3 is 7.82 Å². The van der Waals surface area contributed by atoms with Crippen molar-refractivity contribution in [3.8, 4) is 34.1 Å². The fourth-order valence-corrected chi connectivity index (χ4v) is 5.28. The maximum atomic E-state index is 12.5. The first kappa shape index (κ1) is 31.6. The van der Waals surface area contributed by atoms with E-state index in [4.69, 9.17) is 18.8 Å². The van der Waals surface area contributed by atoms with Crippen LogP contribution < -0.4 is 10.1 Å². The Morgan fingerprint density at radius 2 is 2.00 bits per heavy atom. The molecule has 224 valence electrons. The Kier molecular flexibility index (Phi) is 10.1. The Labute approximate surface area is 249 Å². The molecule has 0 bridgehead atoms. The highest BCUT2D eigenvalue weighted by Crippen LogP contribution is 2.47. The summed E-state index contributed by atoms with van der Waals surface area (Å²) in [6, 6.07) is 12.7. The average molecular weight is 605 g/mol. The Hall–Kier alpha value is -4.37. The van der Waals surface area contributed by atoms with Crippen LogP contribution in [0.25, 0.3) is 33.3 Å². The van der Waals surface area contributed by atoms with Crippen molar-refractivity contribution in [3.05, 3.63) is 72.8 Å². The maximum absolute atomic E-state index is 12.5. The zero-order chi connectivity index (χ0) is 31.1. The SMILES string of the molecule is CCOP(=O)(O)OC(C)n1cc(-c2ccnc(C#N)c2)c2cc(-c3cc(NC(=O)C=CCN(C)C)cc(OC)c3)cnc21. The zero-order valence-electron chi connectivity index (χ0n) is 24.5. The van der Waals surface area contributed by atoms with Gasteiger partial charge in [-0.1, -0.05) is 6.08 Å². The summed E-state index contributed by atoms with van der Waals surface area (Å²) in [5, 5.41) is 13.0. The van der Waals surface area contributed by atoms with Gasteiger partial charge in [0.15, 0.2) is 0 Å². The number of carbonyl (C=O) groups excluding carboxylic acids is 1. The molecule has 13 heteroatoms. The Morgan fingerprint density at radius 1 is 1.21 bits per heavy atom. The first-order valence-electron chi connectivity index (χ1n) is 13.4. The van der Waals surface area contributed by atoms with Crippen molar-refractivity contribution in [2.24, 2.45) is 0 Å². The van der Waals surface area contributed by atoms with E-state index in [9.17, 15) is 19.5 Å². The van der Waals surface area contributed by atoms with Crippen LogP contribution in [0, 0.1) is 11.3 Å². The summed E-state index contributed by atoms with van der Waals surface area (Å²) in [5.74, 6) is 0.259. The number of likely N-dealkylation sites (N-methyl/N-ethyl adjacent to an activating group) is 1. The Bertz CT molecular complexity index is 1740. The third-order valence-electron chi connectivity index (χ3n) is 6.31. The minimum Gasteiger partial charge on any atom is -0.497 e. The van der Waals surface area contributed by atoms with Gasteiger partial charge in [0.25, 0.3) is 0 Å². The predicted octanol–water partition coefficient (Wildman–Crippen LogP) is 5.37. The van der Waals surface area contributed by atoms with Crippen LogP contribution in [0.15, 0.2) is 67.1 Å². The molecule has 0 aliphatic rings. The maximum Gasteiger partial charge on any atom is 0.474 e. The van der Waals surface area contributed by atoms with Gasteiger partial charge in [0.05, 0.1) is 13.7 Å². The Balaban J connectivity index is 1.80. The molecular weight excluding hydrogens is 571 g/mol. The van der Waals surface area contributed by atoms with Gasteiger partial charge in [-0.3, -0.25) is 13.8 Å². The third kappa shape index (κ3) is 7.93.